The smallest absolute Gasteiger partial charge is 0.358 e. The Morgan fingerprint density at radius 1 is 1.12 bits per heavy atom. The first-order valence-electron chi connectivity index (χ1n) is 5.44. The summed E-state index contributed by atoms with van der Waals surface area (Å²) in [5, 5.41) is 3.97. The van der Waals surface area contributed by atoms with Crippen LogP contribution in [0.2, 0.25) is 0 Å². The Labute approximate surface area is 95.8 Å². The van der Waals surface area contributed by atoms with Crippen molar-refractivity contribution in [1.82, 2.24) is 10.3 Å². The molecule has 3 rings (SSSR count). The van der Waals surface area contributed by atoms with Crippen LogP contribution >= 0.6 is 0 Å². The van der Waals surface area contributed by atoms with Gasteiger partial charge in [-0.25, -0.2) is 0 Å². The lowest BCUT2D eigenvalue weighted by Gasteiger charge is -2.25. The monoisotopic (exact) mass is 240 g/mol. The molecular weight excluding hydrogens is 229 g/mol. The Morgan fingerprint density at radius 3 is 2.47 bits per heavy atom. The first kappa shape index (κ1) is 10.7. The molecule has 1 aromatic heterocycles. The van der Waals surface area contributed by atoms with Gasteiger partial charge in [0.25, 0.3) is 0 Å². The zero-order valence-electron chi connectivity index (χ0n) is 8.93. The van der Waals surface area contributed by atoms with Crippen LogP contribution in [0.3, 0.4) is 0 Å². The van der Waals surface area contributed by atoms with Crippen LogP contribution in [0.5, 0.6) is 0 Å². The number of alkyl halides is 3. The van der Waals surface area contributed by atoms with Crippen molar-refractivity contribution in [2.24, 2.45) is 0 Å². The van der Waals surface area contributed by atoms with E-state index < -0.39 is 11.7 Å². The topological polar surface area (TPSA) is 27.8 Å². The molecule has 2 N–H and O–H groups in total. The molecular formula is C12H11F3N2. The molecule has 1 aliphatic rings. The highest BCUT2D eigenvalue weighted by Crippen LogP contribution is 2.32. The van der Waals surface area contributed by atoms with Gasteiger partial charge >= 0.3 is 6.18 Å². The molecule has 2 heterocycles. The molecule has 1 aliphatic heterocycles. The summed E-state index contributed by atoms with van der Waals surface area (Å²) in [5.41, 5.74) is 0.963. The lowest BCUT2D eigenvalue weighted by atomic mass is 9.99. The van der Waals surface area contributed by atoms with Crippen molar-refractivity contribution in [1.29, 1.82) is 0 Å². The molecule has 0 atom stereocenters. The fourth-order valence-electron chi connectivity index (χ4n) is 2.05. The minimum absolute atomic E-state index is 0.400. The van der Waals surface area contributed by atoms with Gasteiger partial charge in [-0.3, -0.25) is 0 Å². The summed E-state index contributed by atoms with van der Waals surface area (Å²) in [7, 11) is 0. The largest absolute Gasteiger partial charge is 0.416 e. The highest BCUT2D eigenvalue weighted by molar-refractivity contribution is 5.81. The van der Waals surface area contributed by atoms with Crippen LogP contribution in [-0.2, 0) is 6.18 Å². The van der Waals surface area contributed by atoms with Crippen LogP contribution < -0.4 is 5.32 Å². The fourth-order valence-corrected chi connectivity index (χ4v) is 2.05. The third-order valence-corrected chi connectivity index (χ3v) is 3.19. The van der Waals surface area contributed by atoms with Gasteiger partial charge in [0.05, 0.1) is 5.56 Å². The normalized spacial score (nSPS) is 17.4. The molecule has 90 valence electrons. The van der Waals surface area contributed by atoms with E-state index in [4.69, 9.17) is 0 Å². The van der Waals surface area contributed by atoms with E-state index in [1.54, 1.807) is 0 Å². The molecule has 0 bridgehead atoms. The maximum atomic E-state index is 12.5. The molecule has 1 fully saturated rings. The van der Waals surface area contributed by atoms with Gasteiger partial charge in [-0.05, 0) is 23.6 Å². The average Bonchev–Trinajstić information content (AvgIpc) is 2.54. The molecule has 1 saturated heterocycles. The molecule has 0 amide bonds. The van der Waals surface area contributed by atoms with E-state index in [1.165, 1.54) is 12.1 Å². The number of benzene rings is 1. The molecule has 0 aliphatic carbocycles. The van der Waals surface area contributed by atoms with Crippen LogP contribution in [-0.4, -0.2) is 18.1 Å². The van der Waals surface area contributed by atoms with Crippen molar-refractivity contribution in [2.45, 2.75) is 12.1 Å². The number of halogens is 3. The van der Waals surface area contributed by atoms with Gasteiger partial charge in [-0.2, -0.15) is 13.2 Å². The highest BCUT2D eigenvalue weighted by Gasteiger charge is 2.30. The predicted molar refractivity (Wildman–Crippen MR) is 58.9 cm³/mol. The van der Waals surface area contributed by atoms with E-state index in [-0.39, 0.29) is 0 Å². The highest BCUT2D eigenvalue weighted by atomic mass is 19.4. The molecule has 5 heteroatoms. The van der Waals surface area contributed by atoms with Crippen molar-refractivity contribution in [2.75, 3.05) is 13.1 Å². The number of hydrogen-bond acceptors (Lipinski definition) is 1. The van der Waals surface area contributed by atoms with Gasteiger partial charge in [-0.1, -0.05) is 6.07 Å². The Balaban J connectivity index is 2.04. The summed E-state index contributed by atoms with van der Waals surface area (Å²) in [6, 6.07) is 5.75. The second-order valence-electron chi connectivity index (χ2n) is 4.38. The van der Waals surface area contributed by atoms with Gasteiger partial charge in [0, 0.05) is 30.2 Å². The summed E-state index contributed by atoms with van der Waals surface area (Å²) in [6.07, 6.45) is -4.28. The van der Waals surface area contributed by atoms with Crippen LogP contribution in [0, 0.1) is 0 Å². The van der Waals surface area contributed by atoms with E-state index in [2.05, 4.69) is 10.3 Å². The number of rotatable bonds is 1. The maximum absolute atomic E-state index is 12.5. The molecule has 0 unspecified atom stereocenters. The number of aromatic amines is 1. The minimum Gasteiger partial charge on any atom is -0.358 e. The Bertz CT molecular complexity index is 552. The van der Waals surface area contributed by atoms with Crippen molar-refractivity contribution in [3.63, 3.8) is 0 Å². The summed E-state index contributed by atoms with van der Waals surface area (Å²) in [4.78, 5) is 3.07. The number of H-pyrrole nitrogens is 1. The lowest BCUT2D eigenvalue weighted by molar-refractivity contribution is -0.137. The number of hydrogen-bond donors (Lipinski definition) is 2. The summed E-state index contributed by atoms with van der Waals surface area (Å²) < 4.78 is 37.6. The van der Waals surface area contributed by atoms with Crippen LogP contribution in [0.15, 0.2) is 24.3 Å². The molecule has 0 radical (unpaired) electrons. The second kappa shape index (κ2) is 3.50. The fraction of sp³-hybridized carbons (Fsp3) is 0.333. The van der Waals surface area contributed by atoms with Gasteiger partial charge < -0.3 is 10.3 Å². The maximum Gasteiger partial charge on any atom is 0.416 e. The summed E-state index contributed by atoms with van der Waals surface area (Å²) in [5.74, 6) is 0.400. The Morgan fingerprint density at radius 2 is 1.88 bits per heavy atom. The van der Waals surface area contributed by atoms with Crippen molar-refractivity contribution >= 4 is 10.9 Å². The third-order valence-electron chi connectivity index (χ3n) is 3.19. The predicted octanol–water partition coefficient (Wildman–Crippen LogP) is 2.87. The van der Waals surface area contributed by atoms with Gasteiger partial charge in [0.1, 0.15) is 0 Å². The van der Waals surface area contributed by atoms with Crippen LogP contribution in [0.1, 0.15) is 17.2 Å². The summed E-state index contributed by atoms with van der Waals surface area (Å²) >= 11 is 0. The van der Waals surface area contributed by atoms with E-state index in [1.807, 2.05) is 6.07 Å². The van der Waals surface area contributed by atoms with Gasteiger partial charge in [0.2, 0.25) is 0 Å². The Kier molecular flexibility index (Phi) is 2.19. The van der Waals surface area contributed by atoms with Gasteiger partial charge in [-0.15, -0.1) is 0 Å². The molecule has 2 nitrogen and oxygen atoms in total. The minimum atomic E-state index is -4.28. The number of aromatic nitrogens is 1. The number of fused-ring (bicyclic) bond motifs is 1. The van der Waals surface area contributed by atoms with E-state index in [9.17, 15) is 13.2 Å². The molecule has 17 heavy (non-hydrogen) atoms. The van der Waals surface area contributed by atoms with E-state index >= 15 is 0 Å². The molecule has 0 spiro atoms. The van der Waals surface area contributed by atoms with Crippen molar-refractivity contribution < 1.29 is 13.2 Å². The number of nitrogens with one attached hydrogen (secondary N) is 2. The standard InChI is InChI=1S/C12H11F3N2/c13-12(14,15)9-2-1-7-3-10(8-5-16-6-8)17-11(7)4-9/h1-4,8,16-17H,5-6H2. The van der Waals surface area contributed by atoms with Crippen LogP contribution in [0.4, 0.5) is 13.2 Å². The summed E-state index contributed by atoms with van der Waals surface area (Å²) in [6.45, 7) is 1.78. The average molecular weight is 240 g/mol. The zero-order chi connectivity index (χ0) is 12.0. The zero-order valence-corrected chi connectivity index (χ0v) is 8.93. The quantitative estimate of drug-likeness (QED) is 0.788. The van der Waals surface area contributed by atoms with Gasteiger partial charge in [0.15, 0.2) is 0 Å². The second-order valence-corrected chi connectivity index (χ2v) is 4.38. The first-order chi connectivity index (χ1) is 8.04. The van der Waals surface area contributed by atoms with E-state index in [0.717, 1.165) is 30.2 Å². The third kappa shape index (κ3) is 1.80. The van der Waals surface area contributed by atoms with E-state index in [0.29, 0.717) is 11.4 Å². The molecule has 1 aromatic carbocycles. The van der Waals surface area contributed by atoms with Crippen LogP contribution in [0.25, 0.3) is 10.9 Å². The lowest BCUT2D eigenvalue weighted by Crippen LogP contribution is -2.40. The molecule has 2 aromatic rings. The SMILES string of the molecule is FC(F)(F)c1ccc2cc(C3CNC3)[nH]c2c1. The van der Waals surface area contributed by atoms with Crippen molar-refractivity contribution in [3.05, 3.63) is 35.5 Å². The Hall–Kier alpha value is -1.49. The first-order valence-corrected chi connectivity index (χ1v) is 5.44. The van der Waals surface area contributed by atoms with Crippen molar-refractivity contribution in [3.8, 4) is 0 Å². The molecule has 0 saturated carbocycles.